The molecule has 11 heteroatoms. The van der Waals surface area contributed by atoms with Crippen molar-refractivity contribution in [3.63, 3.8) is 0 Å². The monoisotopic (exact) mass is 595 g/mol. The Morgan fingerprint density at radius 3 is 1.81 bits per heavy atom. The molecule has 0 saturated carbocycles. The Bertz CT molecular complexity index is 1040. The van der Waals surface area contributed by atoms with Crippen LogP contribution in [0.3, 0.4) is 0 Å². The quantitative estimate of drug-likeness (QED) is 0.0864. The number of esters is 1. The van der Waals surface area contributed by atoms with Gasteiger partial charge >= 0.3 is 24.2 Å². The highest BCUT2D eigenvalue weighted by molar-refractivity contribution is 5.83. The minimum atomic E-state index is -2.13. The molecule has 0 bridgehead atoms. The smallest absolute Gasteiger partial charge is 0.477 e. The summed E-state index contributed by atoms with van der Waals surface area (Å²) in [6, 6.07) is 3.87. The first-order valence-electron chi connectivity index (χ1n) is 14.8. The number of hydrogen-bond acceptors (Lipinski definition) is 10. The topological polar surface area (TPSA) is 147 Å². The number of carbonyl (C=O) groups is 4. The number of carbonyl (C=O) groups excluding carboxylic acids is 3. The highest BCUT2D eigenvalue weighted by Gasteiger charge is 2.45. The van der Waals surface area contributed by atoms with E-state index >= 15 is 0 Å². The number of carboxylic acids is 1. The number of nitrogens with one attached hydrogen (secondary N) is 1. The van der Waals surface area contributed by atoms with Crippen LogP contribution in [0.25, 0.3) is 0 Å². The fourth-order valence-corrected chi connectivity index (χ4v) is 3.94. The second kappa shape index (κ2) is 17.6. The summed E-state index contributed by atoms with van der Waals surface area (Å²) in [6.07, 6.45) is 0.253. The molecule has 1 aromatic carbocycles. The van der Waals surface area contributed by atoms with Gasteiger partial charge < -0.3 is 28.8 Å². The molecule has 11 nitrogen and oxygen atoms in total. The van der Waals surface area contributed by atoms with Crippen LogP contribution in [0, 0.1) is 11.8 Å². The van der Waals surface area contributed by atoms with Crippen LogP contribution in [-0.2, 0) is 30.2 Å². The van der Waals surface area contributed by atoms with Crippen molar-refractivity contribution in [2.24, 2.45) is 11.8 Å². The molecule has 0 spiro atoms. The van der Waals surface area contributed by atoms with Crippen molar-refractivity contribution in [2.45, 2.75) is 125 Å². The summed E-state index contributed by atoms with van der Waals surface area (Å²) >= 11 is 0. The van der Waals surface area contributed by atoms with Crippen LogP contribution in [0.1, 0.15) is 100.0 Å². The standard InChI is InChI=1S/C31H49NO10/c1-10-13-21(7)38-29(36)40-25-16-15-24(17-26(25)41-30(37)39-22(8)14-11-2)18-31(28(34)35,32-20(6)12-3)42-27(33)23(9)19(4)5/h15-17,19-23,32H,10-14,18H2,1-9H3,(H,34,35)/t20?,21?,22?,23?,31-/m0/s1. The maximum Gasteiger partial charge on any atom is 0.514 e. The lowest BCUT2D eigenvalue weighted by Crippen LogP contribution is -2.60. The molecule has 0 aromatic heterocycles. The Morgan fingerprint density at radius 2 is 1.36 bits per heavy atom. The summed E-state index contributed by atoms with van der Waals surface area (Å²) in [5.41, 5.74) is -1.80. The van der Waals surface area contributed by atoms with Crippen LogP contribution in [0.5, 0.6) is 11.5 Å². The zero-order valence-electron chi connectivity index (χ0n) is 26.5. The van der Waals surface area contributed by atoms with Gasteiger partial charge in [0.25, 0.3) is 5.72 Å². The zero-order chi connectivity index (χ0) is 32.0. The molecule has 0 aliphatic carbocycles. The SMILES string of the molecule is CCCC(C)OC(=O)Oc1ccc(C[C@](NC(C)CC)(OC(=O)C(C)C(C)C)C(=O)O)cc1OC(=O)OC(C)CCC. The van der Waals surface area contributed by atoms with Gasteiger partial charge in [-0.2, -0.15) is 0 Å². The second-order valence-corrected chi connectivity index (χ2v) is 11.1. The summed E-state index contributed by atoms with van der Waals surface area (Å²) in [4.78, 5) is 50.7. The van der Waals surface area contributed by atoms with Gasteiger partial charge in [-0.3, -0.25) is 10.1 Å². The Kier molecular flexibility index (Phi) is 15.4. The fourth-order valence-electron chi connectivity index (χ4n) is 3.94. The lowest BCUT2D eigenvalue weighted by atomic mass is 9.97. The molecule has 238 valence electrons. The van der Waals surface area contributed by atoms with Gasteiger partial charge in [0, 0.05) is 12.5 Å². The van der Waals surface area contributed by atoms with Gasteiger partial charge in [0.05, 0.1) is 5.92 Å². The normalized spacial score (nSPS) is 15.5. The van der Waals surface area contributed by atoms with Crippen molar-refractivity contribution in [3.8, 4) is 11.5 Å². The largest absolute Gasteiger partial charge is 0.514 e. The molecule has 0 radical (unpaired) electrons. The van der Waals surface area contributed by atoms with E-state index in [-0.39, 0.29) is 29.9 Å². The Balaban J connectivity index is 3.49. The lowest BCUT2D eigenvalue weighted by molar-refractivity contribution is -0.188. The average Bonchev–Trinajstić information content (AvgIpc) is 2.89. The van der Waals surface area contributed by atoms with Crippen LogP contribution >= 0.6 is 0 Å². The van der Waals surface area contributed by atoms with Crippen molar-refractivity contribution >= 4 is 24.2 Å². The first kappa shape index (κ1) is 36.7. The first-order chi connectivity index (χ1) is 19.7. The van der Waals surface area contributed by atoms with Gasteiger partial charge in [-0.05, 0) is 63.6 Å². The van der Waals surface area contributed by atoms with E-state index in [1.54, 1.807) is 27.7 Å². The van der Waals surface area contributed by atoms with Gasteiger partial charge in [0.1, 0.15) is 12.2 Å². The maximum atomic E-state index is 13.0. The molecule has 0 fully saturated rings. The molecular weight excluding hydrogens is 546 g/mol. The van der Waals surface area contributed by atoms with Gasteiger partial charge in [0.2, 0.25) is 0 Å². The van der Waals surface area contributed by atoms with Gasteiger partial charge in [0.15, 0.2) is 11.5 Å². The predicted molar refractivity (Wildman–Crippen MR) is 156 cm³/mol. The van der Waals surface area contributed by atoms with Crippen LogP contribution in [0.4, 0.5) is 9.59 Å². The fraction of sp³-hybridized carbons (Fsp3) is 0.677. The lowest BCUT2D eigenvalue weighted by Gasteiger charge is -2.34. The average molecular weight is 596 g/mol. The first-order valence-corrected chi connectivity index (χ1v) is 14.8. The second-order valence-electron chi connectivity index (χ2n) is 11.1. The van der Waals surface area contributed by atoms with E-state index in [2.05, 4.69) is 5.32 Å². The molecule has 4 unspecified atom stereocenters. The minimum Gasteiger partial charge on any atom is -0.477 e. The Hall–Kier alpha value is -3.34. The molecule has 2 N–H and O–H groups in total. The van der Waals surface area contributed by atoms with E-state index in [9.17, 15) is 24.3 Å². The highest BCUT2D eigenvalue weighted by Crippen LogP contribution is 2.32. The van der Waals surface area contributed by atoms with Crippen molar-refractivity contribution in [1.29, 1.82) is 0 Å². The van der Waals surface area contributed by atoms with Gasteiger partial charge in [-0.15, -0.1) is 0 Å². The molecule has 0 aliphatic rings. The summed E-state index contributed by atoms with van der Waals surface area (Å²) < 4.78 is 27.0. The van der Waals surface area contributed by atoms with Gasteiger partial charge in [-0.25, -0.2) is 14.4 Å². The van der Waals surface area contributed by atoms with E-state index < -0.39 is 48.1 Å². The van der Waals surface area contributed by atoms with Crippen molar-refractivity contribution in [1.82, 2.24) is 5.32 Å². The third-order valence-corrected chi connectivity index (χ3v) is 6.92. The molecule has 0 saturated heterocycles. The number of rotatable bonds is 17. The van der Waals surface area contributed by atoms with E-state index in [1.165, 1.54) is 18.2 Å². The molecule has 0 aliphatic heterocycles. The third kappa shape index (κ3) is 11.9. The van der Waals surface area contributed by atoms with E-state index in [1.807, 2.05) is 34.6 Å². The molecule has 0 heterocycles. The van der Waals surface area contributed by atoms with E-state index in [0.29, 0.717) is 24.8 Å². The molecule has 0 amide bonds. The molecule has 1 rings (SSSR count). The van der Waals surface area contributed by atoms with E-state index in [4.69, 9.17) is 23.7 Å². The van der Waals surface area contributed by atoms with Crippen LogP contribution < -0.4 is 14.8 Å². The summed E-state index contributed by atoms with van der Waals surface area (Å²) in [5, 5.41) is 13.3. The van der Waals surface area contributed by atoms with Crippen LogP contribution in [0.2, 0.25) is 0 Å². The third-order valence-electron chi connectivity index (χ3n) is 6.92. The Morgan fingerprint density at radius 1 is 0.833 bits per heavy atom. The van der Waals surface area contributed by atoms with Gasteiger partial charge in [-0.1, -0.05) is 60.5 Å². The molecule has 1 aromatic rings. The number of hydrogen-bond donors (Lipinski definition) is 2. The number of aliphatic carboxylic acids is 1. The predicted octanol–water partition coefficient (Wildman–Crippen LogP) is 6.64. The van der Waals surface area contributed by atoms with E-state index in [0.717, 1.165) is 12.8 Å². The molecular formula is C31H49NO10. The number of benzene rings is 1. The number of ether oxygens (including phenoxy) is 5. The summed E-state index contributed by atoms with van der Waals surface area (Å²) in [7, 11) is 0. The van der Waals surface area contributed by atoms with Crippen molar-refractivity contribution in [3.05, 3.63) is 23.8 Å². The minimum absolute atomic E-state index is 0.0788. The molecule has 42 heavy (non-hydrogen) atoms. The van der Waals surface area contributed by atoms with Crippen molar-refractivity contribution in [2.75, 3.05) is 0 Å². The maximum absolute atomic E-state index is 13.0. The van der Waals surface area contributed by atoms with Crippen molar-refractivity contribution < 1.29 is 48.0 Å². The summed E-state index contributed by atoms with van der Waals surface area (Å²) in [6.45, 7) is 16.4. The molecule has 5 atom stereocenters. The number of carboxylic acid groups (broad SMARTS) is 1. The highest BCUT2D eigenvalue weighted by atomic mass is 16.7. The van der Waals surface area contributed by atoms with Crippen LogP contribution in [-0.4, -0.2) is 53.3 Å². The Labute approximate surface area is 249 Å². The zero-order valence-corrected chi connectivity index (χ0v) is 26.5. The van der Waals surface area contributed by atoms with Crippen LogP contribution in [0.15, 0.2) is 18.2 Å². The summed E-state index contributed by atoms with van der Waals surface area (Å²) in [5.74, 6) is -3.02.